The molecule has 0 bridgehead atoms. The number of nitrogens with one attached hydrogen (secondary N) is 2. The molecule has 4 N–H and O–H groups in total. The lowest BCUT2D eigenvalue weighted by atomic mass is 9.99. The van der Waals surface area contributed by atoms with Crippen molar-refractivity contribution in [2.45, 2.75) is 51.3 Å². The number of sulfonamides is 1. The number of hydrogen-bond acceptors (Lipinski definition) is 4. The molecule has 0 aliphatic heterocycles. The van der Waals surface area contributed by atoms with Crippen LogP contribution in [0, 0.1) is 12.8 Å². The third kappa shape index (κ3) is 4.82. The van der Waals surface area contributed by atoms with Crippen LogP contribution in [0.2, 0.25) is 0 Å². The van der Waals surface area contributed by atoms with Crippen LogP contribution in [0.15, 0.2) is 4.90 Å². The Kier molecular flexibility index (Phi) is 6.35. The number of unbranched alkanes of at least 4 members (excludes halogenated alkanes) is 1. The van der Waals surface area contributed by atoms with Gasteiger partial charge in [0.25, 0.3) is 5.91 Å². The van der Waals surface area contributed by atoms with Crippen molar-refractivity contribution in [3.05, 3.63) is 11.4 Å². The van der Waals surface area contributed by atoms with Gasteiger partial charge in [0.05, 0.1) is 5.69 Å². The molecule has 7 nitrogen and oxygen atoms in total. The minimum Gasteiger partial charge on any atom is -0.350 e. The monoisotopic (exact) mass is 316 g/mol. The van der Waals surface area contributed by atoms with Crippen molar-refractivity contribution in [2.24, 2.45) is 11.1 Å². The molecular formula is C13H24N4O3S. The number of carbonyl (C=O) groups excluding carboxylic acids is 1. The molecule has 21 heavy (non-hydrogen) atoms. The second-order valence-corrected chi connectivity index (χ2v) is 6.70. The molecule has 1 aromatic heterocycles. The first-order valence-electron chi connectivity index (χ1n) is 7.17. The highest BCUT2D eigenvalue weighted by molar-refractivity contribution is 7.89. The maximum absolute atomic E-state index is 12.1. The van der Waals surface area contributed by atoms with E-state index in [1.54, 1.807) is 0 Å². The minimum absolute atomic E-state index is 0.166. The summed E-state index contributed by atoms with van der Waals surface area (Å²) < 4.78 is 23.0. The van der Waals surface area contributed by atoms with Crippen molar-refractivity contribution in [3.8, 4) is 0 Å². The molecule has 1 unspecified atom stereocenters. The quantitative estimate of drug-likeness (QED) is 0.670. The number of amides is 1. The Morgan fingerprint density at radius 2 is 2.10 bits per heavy atom. The van der Waals surface area contributed by atoms with Crippen molar-refractivity contribution in [1.82, 2.24) is 15.5 Å². The van der Waals surface area contributed by atoms with Crippen molar-refractivity contribution in [3.63, 3.8) is 0 Å². The summed E-state index contributed by atoms with van der Waals surface area (Å²) >= 11 is 0. The fourth-order valence-electron chi connectivity index (χ4n) is 2.19. The summed E-state index contributed by atoms with van der Waals surface area (Å²) in [5.41, 5.74) is 0.0982. The maximum Gasteiger partial charge on any atom is 0.273 e. The maximum atomic E-state index is 12.1. The number of rotatable bonds is 8. The van der Waals surface area contributed by atoms with Gasteiger partial charge < -0.3 is 5.32 Å². The van der Waals surface area contributed by atoms with Gasteiger partial charge in [0, 0.05) is 6.54 Å². The molecule has 1 amide bonds. The second kappa shape index (κ2) is 7.56. The average Bonchev–Trinajstić information content (AvgIpc) is 2.80. The fraction of sp³-hybridized carbons (Fsp3) is 0.692. The SMILES string of the molecule is CCCCC(CC)CNC(=O)c1n[nH]c(C)c1S(N)(=O)=O. The number of nitrogens with two attached hydrogens (primary N) is 1. The highest BCUT2D eigenvalue weighted by Crippen LogP contribution is 2.16. The van der Waals surface area contributed by atoms with Gasteiger partial charge in [-0.1, -0.05) is 33.1 Å². The first kappa shape index (κ1) is 17.6. The Hall–Kier alpha value is -1.41. The van der Waals surface area contributed by atoms with Gasteiger partial charge >= 0.3 is 0 Å². The van der Waals surface area contributed by atoms with Crippen LogP contribution in [0.25, 0.3) is 0 Å². The zero-order valence-electron chi connectivity index (χ0n) is 12.8. The van der Waals surface area contributed by atoms with Crippen molar-refractivity contribution in [2.75, 3.05) is 6.54 Å². The van der Waals surface area contributed by atoms with E-state index in [0.717, 1.165) is 25.7 Å². The second-order valence-electron chi connectivity index (χ2n) is 5.20. The summed E-state index contributed by atoms with van der Waals surface area (Å²) in [6.07, 6.45) is 4.22. The molecule has 0 aromatic carbocycles. The molecule has 0 aliphatic rings. The molecule has 1 aromatic rings. The third-order valence-electron chi connectivity index (χ3n) is 3.49. The van der Waals surface area contributed by atoms with E-state index < -0.39 is 15.9 Å². The van der Waals surface area contributed by atoms with Gasteiger partial charge in [-0.2, -0.15) is 5.10 Å². The van der Waals surface area contributed by atoms with Crippen LogP contribution >= 0.6 is 0 Å². The average molecular weight is 316 g/mol. The molecule has 0 fully saturated rings. The van der Waals surface area contributed by atoms with Crippen molar-refractivity contribution < 1.29 is 13.2 Å². The lowest BCUT2D eigenvalue weighted by Gasteiger charge is -2.14. The van der Waals surface area contributed by atoms with E-state index in [4.69, 9.17) is 5.14 Å². The van der Waals surface area contributed by atoms with Crippen LogP contribution in [-0.4, -0.2) is 31.1 Å². The van der Waals surface area contributed by atoms with Gasteiger partial charge in [-0.15, -0.1) is 0 Å². The van der Waals surface area contributed by atoms with E-state index in [9.17, 15) is 13.2 Å². The van der Waals surface area contributed by atoms with Crippen LogP contribution < -0.4 is 10.5 Å². The van der Waals surface area contributed by atoms with Gasteiger partial charge in [-0.25, -0.2) is 13.6 Å². The smallest absolute Gasteiger partial charge is 0.273 e. The van der Waals surface area contributed by atoms with Gasteiger partial charge in [-0.3, -0.25) is 9.89 Å². The number of aromatic amines is 1. The highest BCUT2D eigenvalue weighted by Gasteiger charge is 2.25. The fourth-order valence-corrected chi connectivity index (χ4v) is 3.07. The Balaban J connectivity index is 2.77. The van der Waals surface area contributed by atoms with Gasteiger partial charge in [0.15, 0.2) is 5.69 Å². The van der Waals surface area contributed by atoms with Gasteiger partial charge in [-0.05, 0) is 19.3 Å². The summed E-state index contributed by atoms with van der Waals surface area (Å²) in [5, 5.41) is 14.1. The number of nitrogens with zero attached hydrogens (tertiary/aromatic N) is 1. The van der Waals surface area contributed by atoms with Crippen LogP contribution in [-0.2, 0) is 10.0 Å². The Bertz CT molecular complexity index is 580. The molecule has 0 radical (unpaired) electrons. The van der Waals surface area contributed by atoms with E-state index >= 15 is 0 Å². The molecule has 1 atom stereocenters. The first-order chi connectivity index (χ1) is 9.81. The molecule has 0 aliphatic carbocycles. The lowest BCUT2D eigenvalue weighted by Crippen LogP contribution is -2.31. The van der Waals surface area contributed by atoms with E-state index in [0.29, 0.717) is 12.5 Å². The van der Waals surface area contributed by atoms with Crippen LogP contribution in [0.1, 0.15) is 55.7 Å². The largest absolute Gasteiger partial charge is 0.350 e. The summed E-state index contributed by atoms with van der Waals surface area (Å²) in [6.45, 7) is 6.21. The number of aryl methyl sites for hydroxylation is 1. The van der Waals surface area contributed by atoms with Crippen molar-refractivity contribution >= 4 is 15.9 Å². The Morgan fingerprint density at radius 1 is 1.43 bits per heavy atom. The topological polar surface area (TPSA) is 118 Å². The minimum atomic E-state index is -3.98. The predicted octanol–water partition coefficient (Wildman–Crippen LogP) is 1.31. The normalized spacial score (nSPS) is 13.1. The summed E-state index contributed by atoms with van der Waals surface area (Å²) in [7, 11) is -3.98. The van der Waals surface area contributed by atoms with E-state index in [1.165, 1.54) is 6.92 Å². The summed E-state index contributed by atoms with van der Waals surface area (Å²) in [6, 6.07) is 0. The lowest BCUT2D eigenvalue weighted by molar-refractivity contribution is 0.0937. The molecule has 0 saturated heterocycles. The number of carbonyl (C=O) groups is 1. The molecule has 120 valence electrons. The van der Waals surface area contributed by atoms with E-state index in [2.05, 4.69) is 29.4 Å². The Labute approximate surface area is 125 Å². The van der Waals surface area contributed by atoms with Gasteiger partial charge in [0.1, 0.15) is 4.90 Å². The van der Waals surface area contributed by atoms with Crippen LogP contribution in [0.3, 0.4) is 0 Å². The number of primary sulfonamides is 1. The highest BCUT2D eigenvalue weighted by atomic mass is 32.2. The van der Waals surface area contributed by atoms with Gasteiger partial charge in [0.2, 0.25) is 10.0 Å². The molecular weight excluding hydrogens is 292 g/mol. The molecule has 1 rings (SSSR count). The Morgan fingerprint density at radius 3 is 2.62 bits per heavy atom. The van der Waals surface area contributed by atoms with Crippen LogP contribution in [0.5, 0.6) is 0 Å². The molecule has 0 saturated carbocycles. The zero-order valence-corrected chi connectivity index (χ0v) is 13.6. The number of hydrogen-bond donors (Lipinski definition) is 3. The standard InChI is InChI=1S/C13H24N4O3S/c1-4-6-7-10(5-2)8-15-13(18)11-12(21(14,19)20)9(3)16-17-11/h10H,4-8H2,1-3H3,(H,15,18)(H,16,17)(H2,14,19,20). The molecule has 1 heterocycles. The summed E-state index contributed by atoms with van der Waals surface area (Å²) in [5.74, 6) is -0.134. The molecule has 0 spiro atoms. The summed E-state index contributed by atoms with van der Waals surface area (Å²) in [4.78, 5) is 11.9. The van der Waals surface area contributed by atoms with E-state index in [1.807, 2.05) is 0 Å². The first-order valence-corrected chi connectivity index (χ1v) is 8.71. The van der Waals surface area contributed by atoms with Crippen LogP contribution in [0.4, 0.5) is 0 Å². The van der Waals surface area contributed by atoms with E-state index in [-0.39, 0.29) is 16.3 Å². The van der Waals surface area contributed by atoms with Crippen molar-refractivity contribution in [1.29, 1.82) is 0 Å². The number of H-pyrrole nitrogens is 1. The predicted molar refractivity (Wildman–Crippen MR) is 80.3 cm³/mol. The number of aromatic nitrogens is 2. The third-order valence-corrected chi connectivity index (χ3v) is 4.55. The zero-order chi connectivity index (χ0) is 16.0. The molecule has 8 heteroatoms.